The van der Waals surface area contributed by atoms with Crippen molar-refractivity contribution in [1.82, 2.24) is 0 Å². The van der Waals surface area contributed by atoms with E-state index in [4.69, 9.17) is 18.9 Å². The summed E-state index contributed by atoms with van der Waals surface area (Å²) in [7, 11) is 1.59. The summed E-state index contributed by atoms with van der Waals surface area (Å²) in [5.74, 6) is 1.88. The van der Waals surface area contributed by atoms with Crippen LogP contribution in [0.25, 0.3) is 6.08 Å². The first-order chi connectivity index (χ1) is 10.7. The third-order valence-electron chi connectivity index (χ3n) is 3.07. The third kappa shape index (κ3) is 3.20. The van der Waals surface area contributed by atoms with E-state index in [9.17, 15) is 4.79 Å². The van der Waals surface area contributed by atoms with Crippen LogP contribution in [0.1, 0.15) is 5.56 Å². The average Bonchev–Trinajstić information content (AvgIpc) is 3.01. The molecule has 0 bridgehead atoms. The molecule has 112 valence electrons. The lowest BCUT2D eigenvalue weighted by Crippen LogP contribution is -2.03. The molecule has 0 aliphatic carbocycles. The molecular weight excluding hydrogens is 284 g/mol. The molecule has 0 saturated carbocycles. The van der Waals surface area contributed by atoms with E-state index in [1.807, 2.05) is 24.3 Å². The molecule has 0 unspecified atom stereocenters. The van der Waals surface area contributed by atoms with E-state index in [0.29, 0.717) is 17.2 Å². The largest absolute Gasteiger partial charge is 0.497 e. The zero-order valence-corrected chi connectivity index (χ0v) is 11.9. The maximum Gasteiger partial charge on any atom is 0.336 e. The fourth-order valence-corrected chi connectivity index (χ4v) is 2.00. The highest BCUT2D eigenvalue weighted by atomic mass is 16.7. The van der Waals surface area contributed by atoms with Crippen LogP contribution in [0.3, 0.4) is 0 Å². The van der Waals surface area contributed by atoms with Crippen LogP contribution in [0.4, 0.5) is 0 Å². The molecule has 2 aromatic carbocycles. The van der Waals surface area contributed by atoms with Gasteiger partial charge in [-0.15, -0.1) is 0 Å². The van der Waals surface area contributed by atoms with Gasteiger partial charge in [-0.1, -0.05) is 12.1 Å². The van der Waals surface area contributed by atoms with Crippen molar-refractivity contribution in [3.05, 3.63) is 54.1 Å². The van der Waals surface area contributed by atoms with E-state index >= 15 is 0 Å². The van der Waals surface area contributed by atoms with Gasteiger partial charge in [-0.3, -0.25) is 0 Å². The molecule has 0 saturated heterocycles. The number of carbonyl (C=O) groups excluding carboxylic acids is 1. The Labute approximate surface area is 127 Å². The lowest BCUT2D eigenvalue weighted by atomic mass is 10.2. The minimum absolute atomic E-state index is 0.183. The van der Waals surface area contributed by atoms with Gasteiger partial charge in [0.2, 0.25) is 6.79 Å². The number of ether oxygens (including phenoxy) is 4. The molecule has 1 aliphatic rings. The zero-order valence-electron chi connectivity index (χ0n) is 11.9. The lowest BCUT2D eigenvalue weighted by Gasteiger charge is -2.03. The smallest absolute Gasteiger partial charge is 0.336 e. The van der Waals surface area contributed by atoms with E-state index in [1.165, 1.54) is 6.08 Å². The Kier molecular flexibility index (Phi) is 3.96. The monoisotopic (exact) mass is 298 g/mol. The molecule has 0 amide bonds. The quantitative estimate of drug-likeness (QED) is 0.493. The second-order valence-electron chi connectivity index (χ2n) is 4.55. The Morgan fingerprint density at radius 3 is 2.82 bits per heavy atom. The summed E-state index contributed by atoms with van der Waals surface area (Å²) in [6.07, 6.45) is 3.02. The van der Waals surface area contributed by atoms with Crippen LogP contribution in [0.2, 0.25) is 0 Å². The van der Waals surface area contributed by atoms with Crippen molar-refractivity contribution in [3.63, 3.8) is 0 Å². The van der Waals surface area contributed by atoms with Gasteiger partial charge in [-0.2, -0.15) is 0 Å². The highest BCUT2D eigenvalue weighted by Crippen LogP contribution is 2.35. The highest BCUT2D eigenvalue weighted by molar-refractivity contribution is 5.88. The number of rotatable bonds is 4. The molecule has 1 heterocycles. The first kappa shape index (κ1) is 14.0. The molecule has 0 N–H and O–H groups in total. The van der Waals surface area contributed by atoms with Crippen molar-refractivity contribution in [1.29, 1.82) is 0 Å². The molecule has 1 aliphatic heterocycles. The molecular formula is C17H14O5. The van der Waals surface area contributed by atoms with E-state index in [2.05, 4.69) is 0 Å². The topological polar surface area (TPSA) is 54.0 Å². The average molecular weight is 298 g/mol. The van der Waals surface area contributed by atoms with Crippen molar-refractivity contribution in [2.75, 3.05) is 13.9 Å². The van der Waals surface area contributed by atoms with Crippen molar-refractivity contribution in [2.24, 2.45) is 0 Å². The Balaban J connectivity index is 1.65. The Morgan fingerprint density at radius 2 is 1.95 bits per heavy atom. The van der Waals surface area contributed by atoms with Gasteiger partial charge < -0.3 is 18.9 Å². The number of benzene rings is 2. The second-order valence-corrected chi connectivity index (χ2v) is 4.55. The van der Waals surface area contributed by atoms with E-state index in [-0.39, 0.29) is 6.79 Å². The van der Waals surface area contributed by atoms with Gasteiger partial charge in [0.05, 0.1) is 7.11 Å². The Morgan fingerprint density at radius 1 is 1.09 bits per heavy atom. The van der Waals surface area contributed by atoms with Gasteiger partial charge in [0.15, 0.2) is 11.5 Å². The summed E-state index contributed by atoms with van der Waals surface area (Å²) in [5, 5.41) is 0. The number of hydrogen-bond donors (Lipinski definition) is 0. The van der Waals surface area contributed by atoms with Crippen LogP contribution >= 0.6 is 0 Å². The predicted octanol–water partition coefficient (Wildman–Crippen LogP) is 3.04. The maximum atomic E-state index is 11.8. The molecule has 0 spiro atoms. The SMILES string of the molecule is COc1cccc(C=CC(=O)Oc2ccc3c(c2)OCO3)c1. The van der Waals surface area contributed by atoms with Crippen LogP contribution in [0.5, 0.6) is 23.0 Å². The van der Waals surface area contributed by atoms with Crippen molar-refractivity contribution in [2.45, 2.75) is 0 Å². The third-order valence-corrected chi connectivity index (χ3v) is 3.07. The molecule has 0 aromatic heterocycles. The molecule has 22 heavy (non-hydrogen) atoms. The summed E-state index contributed by atoms with van der Waals surface area (Å²) < 4.78 is 20.8. The van der Waals surface area contributed by atoms with Crippen LogP contribution in [0.15, 0.2) is 48.5 Å². The summed E-state index contributed by atoms with van der Waals surface area (Å²) in [6, 6.07) is 12.4. The van der Waals surface area contributed by atoms with Gasteiger partial charge in [-0.05, 0) is 35.9 Å². The summed E-state index contributed by atoms with van der Waals surface area (Å²) in [4.78, 5) is 11.8. The van der Waals surface area contributed by atoms with Crippen LogP contribution in [-0.2, 0) is 4.79 Å². The van der Waals surface area contributed by atoms with E-state index in [1.54, 1.807) is 31.4 Å². The molecule has 0 atom stereocenters. The normalized spacial score (nSPS) is 12.4. The number of hydrogen-bond acceptors (Lipinski definition) is 5. The molecule has 5 nitrogen and oxygen atoms in total. The predicted molar refractivity (Wildman–Crippen MR) is 80.2 cm³/mol. The molecule has 0 fully saturated rings. The number of methoxy groups -OCH3 is 1. The number of fused-ring (bicyclic) bond motifs is 1. The van der Waals surface area contributed by atoms with Gasteiger partial charge in [0.1, 0.15) is 11.5 Å². The molecule has 0 radical (unpaired) electrons. The van der Waals surface area contributed by atoms with Gasteiger partial charge in [0, 0.05) is 12.1 Å². The highest BCUT2D eigenvalue weighted by Gasteiger charge is 2.14. The number of carbonyl (C=O) groups is 1. The standard InChI is InChI=1S/C17H14O5/c1-19-13-4-2-3-12(9-13)5-8-17(18)22-14-6-7-15-16(10-14)21-11-20-15/h2-10H,11H2,1H3. The van der Waals surface area contributed by atoms with Crippen LogP contribution in [0, 0.1) is 0 Å². The van der Waals surface area contributed by atoms with Gasteiger partial charge in [0.25, 0.3) is 0 Å². The van der Waals surface area contributed by atoms with Crippen molar-refractivity contribution in [3.8, 4) is 23.0 Å². The van der Waals surface area contributed by atoms with Gasteiger partial charge in [-0.25, -0.2) is 4.79 Å². The lowest BCUT2D eigenvalue weighted by molar-refractivity contribution is -0.128. The van der Waals surface area contributed by atoms with Crippen LogP contribution in [-0.4, -0.2) is 19.9 Å². The number of esters is 1. The first-order valence-electron chi connectivity index (χ1n) is 6.68. The van der Waals surface area contributed by atoms with Crippen LogP contribution < -0.4 is 18.9 Å². The summed E-state index contributed by atoms with van der Waals surface area (Å²) in [6.45, 7) is 0.183. The maximum absolute atomic E-state index is 11.8. The fourth-order valence-electron chi connectivity index (χ4n) is 2.00. The van der Waals surface area contributed by atoms with Crippen molar-refractivity contribution >= 4 is 12.0 Å². The zero-order chi connectivity index (χ0) is 15.4. The van der Waals surface area contributed by atoms with Crippen molar-refractivity contribution < 1.29 is 23.7 Å². The first-order valence-corrected chi connectivity index (χ1v) is 6.68. The fraction of sp³-hybridized carbons (Fsp3) is 0.118. The Hall–Kier alpha value is -2.95. The van der Waals surface area contributed by atoms with E-state index < -0.39 is 5.97 Å². The molecule has 2 aromatic rings. The Bertz CT molecular complexity index is 721. The minimum atomic E-state index is -0.471. The summed E-state index contributed by atoms with van der Waals surface area (Å²) >= 11 is 0. The summed E-state index contributed by atoms with van der Waals surface area (Å²) in [5.41, 5.74) is 0.849. The second kappa shape index (κ2) is 6.22. The minimum Gasteiger partial charge on any atom is -0.497 e. The van der Waals surface area contributed by atoms with E-state index in [0.717, 1.165) is 11.3 Å². The van der Waals surface area contributed by atoms with Gasteiger partial charge >= 0.3 is 5.97 Å². The molecule has 5 heteroatoms. The molecule has 3 rings (SSSR count).